The Morgan fingerprint density at radius 3 is 2.66 bits per heavy atom. The van der Waals surface area contributed by atoms with E-state index in [-0.39, 0.29) is 18.3 Å². The van der Waals surface area contributed by atoms with Crippen LogP contribution in [0, 0.1) is 5.82 Å². The number of rotatable bonds is 4. The Hall–Kier alpha value is -3.41. The minimum absolute atomic E-state index is 0.000387. The van der Waals surface area contributed by atoms with Crippen molar-refractivity contribution in [2.24, 2.45) is 0 Å². The summed E-state index contributed by atoms with van der Waals surface area (Å²) < 4.78 is 24.7. The van der Waals surface area contributed by atoms with Gasteiger partial charge in [-0.3, -0.25) is 5.32 Å². The van der Waals surface area contributed by atoms with Gasteiger partial charge >= 0.3 is 12.1 Å². The predicted octanol–water partition coefficient (Wildman–Crippen LogP) is 5.34. The third kappa shape index (κ3) is 4.37. The molecule has 0 unspecified atom stereocenters. The zero-order valence-electron chi connectivity index (χ0n) is 15.7. The topological polar surface area (TPSA) is 64.6 Å². The average molecular weight is 393 g/mol. The number of esters is 1. The van der Waals surface area contributed by atoms with Crippen molar-refractivity contribution in [2.45, 2.75) is 32.3 Å². The number of carbonyl (C=O) groups excluding carboxylic acids is 2. The van der Waals surface area contributed by atoms with E-state index in [1.165, 1.54) is 12.1 Å². The molecule has 1 aliphatic heterocycles. The molecule has 0 aromatic heterocycles. The summed E-state index contributed by atoms with van der Waals surface area (Å²) >= 11 is 0. The molecule has 0 saturated carbocycles. The van der Waals surface area contributed by atoms with Gasteiger partial charge in [0.15, 0.2) is 0 Å². The number of anilines is 1. The SMILES string of the molecule is O=C(Nc1cc(/C=C2\OC(=O)C3=C2CCCC3)ccc1F)OCc1ccccc1. The van der Waals surface area contributed by atoms with E-state index in [1.54, 1.807) is 12.1 Å². The van der Waals surface area contributed by atoms with Gasteiger partial charge in [0, 0.05) is 11.1 Å². The minimum Gasteiger partial charge on any atom is -0.444 e. The molecule has 6 heteroatoms. The van der Waals surface area contributed by atoms with Crippen molar-refractivity contribution in [2.75, 3.05) is 5.32 Å². The summed E-state index contributed by atoms with van der Waals surface area (Å²) in [5.41, 5.74) is 3.13. The molecule has 2 aliphatic rings. The summed E-state index contributed by atoms with van der Waals surface area (Å²) in [5, 5.41) is 2.43. The van der Waals surface area contributed by atoms with Gasteiger partial charge in [0.05, 0.1) is 5.69 Å². The van der Waals surface area contributed by atoms with Crippen molar-refractivity contribution < 1.29 is 23.5 Å². The fraction of sp³-hybridized carbons (Fsp3) is 0.217. The monoisotopic (exact) mass is 393 g/mol. The first-order valence-corrected chi connectivity index (χ1v) is 9.54. The number of cyclic esters (lactones) is 1. The smallest absolute Gasteiger partial charge is 0.412 e. The number of carbonyl (C=O) groups is 2. The number of ether oxygens (including phenoxy) is 2. The Kier molecular flexibility index (Phi) is 5.42. The van der Waals surface area contributed by atoms with E-state index in [9.17, 15) is 14.0 Å². The van der Waals surface area contributed by atoms with E-state index in [1.807, 2.05) is 30.3 Å². The predicted molar refractivity (Wildman–Crippen MR) is 106 cm³/mol. The fourth-order valence-electron chi connectivity index (χ4n) is 3.49. The lowest BCUT2D eigenvalue weighted by Gasteiger charge is -2.11. The Bertz CT molecular complexity index is 1010. The van der Waals surface area contributed by atoms with Gasteiger partial charge < -0.3 is 9.47 Å². The largest absolute Gasteiger partial charge is 0.444 e. The molecular weight excluding hydrogens is 373 g/mol. The van der Waals surface area contributed by atoms with Crippen LogP contribution in [-0.2, 0) is 20.9 Å². The maximum atomic E-state index is 14.2. The Morgan fingerprint density at radius 1 is 1.10 bits per heavy atom. The standard InChI is InChI=1S/C23H20FNO4/c24-19-11-10-16(13-21-17-8-4-5-9-18(17)22(26)29-21)12-20(19)25-23(27)28-14-15-6-2-1-3-7-15/h1-3,6-7,10-13H,4-5,8-9,14H2,(H,25,27)/b21-13-. The minimum atomic E-state index is -0.748. The first kappa shape index (κ1) is 18.9. The molecule has 1 N–H and O–H groups in total. The molecule has 148 valence electrons. The van der Waals surface area contributed by atoms with Crippen LogP contribution in [0.3, 0.4) is 0 Å². The van der Waals surface area contributed by atoms with E-state index >= 15 is 0 Å². The van der Waals surface area contributed by atoms with Crippen molar-refractivity contribution in [3.05, 3.63) is 82.4 Å². The van der Waals surface area contributed by atoms with Gasteiger partial charge in [-0.15, -0.1) is 0 Å². The van der Waals surface area contributed by atoms with Crippen LogP contribution < -0.4 is 5.32 Å². The fourth-order valence-corrected chi connectivity index (χ4v) is 3.49. The Labute approximate surface area is 167 Å². The van der Waals surface area contributed by atoms with Gasteiger partial charge in [-0.05, 0) is 55.0 Å². The third-order valence-corrected chi connectivity index (χ3v) is 4.95. The molecule has 1 amide bonds. The maximum Gasteiger partial charge on any atom is 0.412 e. The second-order valence-electron chi connectivity index (χ2n) is 6.99. The third-order valence-electron chi connectivity index (χ3n) is 4.95. The molecule has 4 rings (SSSR count). The summed E-state index contributed by atoms with van der Waals surface area (Å²) in [5.74, 6) is -0.366. The Balaban J connectivity index is 1.47. The number of halogens is 1. The summed E-state index contributed by atoms with van der Waals surface area (Å²) in [6.07, 6.45) is 4.47. The van der Waals surface area contributed by atoms with Crippen LogP contribution in [0.4, 0.5) is 14.9 Å². The molecule has 29 heavy (non-hydrogen) atoms. The van der Waals surface area contributed by atoms with E-state index in [0.717, 1.165) is 42.4 Å². The van der Waals surface area contributed by atoms with Gasteiger partial charge in [0.2, 0.25) is 0 Å². The quantitative estimate of drug-likeness (QED) is 0.712. The van der Waals surface area contributed by atoms with Crippen molar-refractivity contribution in [3.8, 4) is 0 Å². The van der Waals surface area contributed by atoms with Crippen LogP contribution in [0.15, 0.2) is 65.4 Å². The number of allylic oxidation sites excluding steroid dienone is 1. The van der Waals surface area contributed by atoms with Crippen LogP contribution in [0.25, 0.3) is 6.08 Å². The molecule has 0 bridgehead atoms. The van der Waals surface area contributed by atoms with E-state index in [4.69, 9.17) is 9.47 Å². The molecule has 2 aromatic carbocycles. The number of benzene rings is 2. The van der Waals surface area contributed by atoms with Crippen LogP contribution in [0.1, 0.15) is 36.8 Å². The van der Waals surface area contributed by atoms with Crippen LogP contribution in [0.5, 0.6) is 0 Å². The zero-order chi connectivity index (χ0) is 20.2. The summed E-state index contributed by atoms with van der Waals surface area (Å²) in [6, 6.07) is 13.5. The lowest BCUT2D eigenvalue weighted by Crippen LogP contribution is -2.14. The number of hydrogen-bond donors (Lipinski definition) is 1. The highest BCUT2D eigenvalue weighted by Gasteiger charge is 2.31. The Morgan fingerprint density at radius 2 is 1.86 bits per heavy atom. The lowest BCUT2D eigenvalue weighted by molar-refractivity contribution is -0.133. The number of hydrogen-bond acceptors (Lipinski definition) is 4. The molecule has 0 fully saturated rings. The first-order valence-electron chi connectivity index (χ1n) is 9.54. The van der Waals surface area contributed by atoms with Gasteiger partial charge in [-0.1, -0.05) is 36.4 Å². The highest BCUT2D eigenvalue weighted by atomic mass is 19.1. The van der Waals surface area contributed by atoms with Crippen LogP contribution in [0.2, 0.25) is 0 Å². The second kappa shape index (κ2) is 8.31. The van der Waals surface area contributed by atoms with Crippen molar-refractivity contribution in [1.82, 2.24) is 0 Å². The number of amides is 1. The highest BCUT2D eigenvalue weighted by molar-refractivity contribution is 5.96. The molecule has 2 aromatic rings. The van der Waals surface area contributed by atoms with Crippen molar-refractivity contribution >= 4 is 23.8 Å². The highest BCUT2D eigenvalue weighted by Crippen LogP contribution is 2.37. The molecule has 0 atom stereocenters. The van der Waals surface area contributed by atoms with Crippen LogP contribution in [-0.4, -0.2) is 12.1 Å². The van der Waals surface area contributed by atoms with E-state index in [0.29, 0.717) is 11.3 Å². The zero-order valence-corrected chi connectivity index (χ0v) is 15.7. The van der Waals surface area contributed by atoms with Crippen LogP contribution >= 0.6 is 0 Å². The molecule has 1 heterocycles. The van der Waals surface area contributed by atoms with Gasteiger partial charge in [0.25, 0.3) is 0 Å². The average Bonchev–Trinajstić information content (AvgIpc) is 3.05. The van der Waals surface area contributed by atoms with Gasteiger partial charge in [0.1, 0.15) is 18.2 Å². The second-order valence-corrected chi connectivity index (χ2v) is 6.99. The maximum absolute atomic E-state index is 14.2. The summed E-state index contributed by atoms with van der Waals surface area (Å²) in [4.78, 5) is 24.0. The molecule has 5 nitrogen and oxygen atoms in total. The summed E-state index contributed by atoms with van der Waals surface area (Å²) in [6.45, 7) is 0.0882. The van der Waals surface area contributed by atoms with E-state index in [2.05, 4.69) is 5.32 Å². The molecule has 1 aliphatic carbocycles. The number of nitrogens with one attached hydrogen (secondary N) is 1. The van der Waals surface area contributed by atoms with Gasteiger partial charge in [-0.25, -0.2) is 14.0 Å². The van der Waals surface area contributed by atoms with E-state index < -0.39 is 11.9 Å². The molecule has 0 spiro atoms. The molecule has 0 saturated heterocycles. The summed E-state index contributed by atoms with van der Waals surface area (Å²) in [7, 11) is 0. The van der Waals surface area contributed by atoms with Gasteiger partial charge in [-0.2, -0.15) is 0 Å². The molecule has 0 radical (unpaired) electrons. The molecular formula is C23H20FNO4. The lowest BCUT2D eigenvalue weighted by atomic mass is 9.92. The first-order chi connectivity index (χ1) is 14.1. The van der Waals surface area contributed by atoms with Crippen molar-refractivity contribution in [3.63, 3.8) is 0 Å². The normalized spacial score (nSPS) is 17.1. The van der Waals surface area contributed by atoms with Crippen molar-refractivity contribution in [1.29, 1.82) is 0 Å².